The third-order valence-corrected chi connectivity index (χ3v) is 4.84. The van der Waals surface area contributed by atoms with E-state index in [0.29, 0.717) is 6.04 Å². The summed E-state index contributed by atoms with van der Waals surface area (Å²) in [5.74, 6) is 1.01. The standard InChI is InChI=1S/C17H20BrNS/c1-3-19-13(2)16-11-15(18)9-10-17(16)20-12-14-7-5-4-6-8-14/h4-11,13,19H,3,12H2,1-2H3. The van der Waals surface area contributed by atoms with Crippen LogP contribution in [0.3, 0.4) is 0 Å². The largest absolute Gasteiger partial charge is 0.310 e. The Kier molecular flexibility index (Phi) is 6.14. The van der Waals surface area contributed by atoms with Crippen molar-refractivity contribution in [3.63, 3.8) is 0 Å². The molecule has 1 atom stereocenters. The maximum atomic E-state index is 3.57. The second-order valence-electron chi connectivity index (χ2n) is 4.74. The summed E-state index contributed by atoms with van der Waals surface area (Å²) in [4.78, 5) is 1.35. The second-order valence-corrected chi connectivity index (χ2v) is 6.67. The van der Waals surface area contributed by atoms with Gasteiger partial charge in [0.15, 0.2) is 0 Å². The van der Waals surface area contributed by atoms with Gasteiger partial charge in [0, 0.05) is 21.2 Å². The summed E-state index contributed by atoms with van der Waals surface area (Å²) in [5, 5.41) is 3.49. The predicted molar refractivity (Wildman–Crippen MR) is 92.2 cm³/mol. The molecule has 0 aliphatic carbocycles. The maximum absolute atomic E-state index is 3.57. The van der Waals surface area contributed by atoms with E-state index in [-0.39, 0.29) is 0 Å². The van der Waals surface area contributed by atoms with E-state index in [1.54, 1.807) is 0 Å². The van der Waals surface area contributed by atoms with Crippen molar-refractivity contribution in [1.82, 2.24) is 5.32 Å². The summed E-state index contributed by atoms with van der Waals surface area (Å²) in [7, 11) is 0. The number of thioether (sulfide) groups is 1. The minimum Gasteiger partial charge on any atom is -0.310 e. The van der Waals surface area contributed by atoms with Gasteiger partial charge in [-0.2, -0.15) is 0 Å². The quantitative estimate of drug-likeness (QED) is 0.699. The first-order valence-electron chi connectivity index (χ1n) is 6.90. The topological polar surface area (TPSA) is 12.0 Å². The van der Waals surface area contributed by atoms with Crippen LogP contribution in [0.5, 0.6) is 0 Å². The highest BCUT2D eigenvalue weighted by Crippen LogP contribution is 2.32. The lowest BCUT2D eigenvalue weighted by Crippen LogP contribution is -2.18. The average Bonchev–Trinajstić information content (AvgIpc) is 2.47. The van der Waals surface area contributed by atoms with Crippen LogP contribution in [0.2, 0.25) is 0 Å². The van der Waals surface area contributed by atoms with Crippen LogP contribution in [-0.4, -0.2) is 6.54 Å². The van der Waals surface area contributed by atoms with Crippen LogP contribution in [0.15, 0.2) is 57.9 Å². The molecule has 0 saturated carbocycles. The fourth-order valence-corrected chi connectivity index (χ4v) is 3.60. The first-order chi connectivity index (χ1) is 9.70. The first kappa shape index (κ1) is 15.6. The minimum atomic E-state index is 0.371. The lowest BCUT2D eigenvalue weighted by atomic mass is 10.1. The SMILES string of the molecule is CCNC(C)c1cc(Br)ccc1SCc1ccccc1. The molecule has 0 aliphatic heterocycles. The maximum Gasteiger partial charge on any atom is 0.0303 e. The summed E-state index contributed by atoms with van der Waals surface area (Å²) in [6, 6.07) is 17.5. The lowest BCUT2D eigenvalue weighted by molar-refractivity contribution is 0.589. The third-order valence-electron chi connectivity index (χ3n) is 3.19. The number of halogens is 1. The highest BCUT2D eigenvalue weighted by atomic mass is 79.9. The zero-order valence-corrected chi connectivity index (χ0v) is 14.3. The van der Waals surface area contributed by atoms with Crippen molar-refractivity contribution in [2.45, 2.75) is 30.5 Å². The predicted octanol–water partition coefficient (Wildman–Crippen LogP) is 5.41. The Balaban J connectivity index is 2.14. The van der Waals surface area contributed by atoms with Gasteiger partial charge in [-0.05, 0) is 42.8 Å². The summed E-state index contributed by atoms with van der Waals surface area (Å²) in [6.07, 6.45) is 0. The van der Waals surface area contributed by atoms with Gasteiger partial charge in [-0.25, -0.2) is 0 Å². The van der Waals surface area contributed by atoms with Gasteiger partial charge in [0.1, 0.15) is 0 Å². The van der Waals surface area contributed by atoms with Crippen molar-refractivity contribution in [2.24, 2.45) is 0 Å². The summed E-state index contributed by atoms with van der Waals surface area (Å²) in [5.41, 5.74) is 2.73. The van der Waals surface area contributed by atoms with E-state index in [2.05, 4.69) is 83.6 Å². The van der Waals surface area contributed by atoms with Gasteiger partial charge in [-0.1, -0.05) is 53.2 Å². The van der Waals surface area contributed by atoms with Gasteiger partial charge in [-0.15, -0.1) is 11.8 Å². The van der Waals surface area contributed by atoms with Crippen LogP contribution in [0.1, 0.15) is 31.0 Å². The van der Waals surface area contributed by atoms with E-state index in [0.717, 1.165) is 16.8 Å². The fourth-order valence-electron chi connectivity index (χ4n) is 2.14. The molecule has 1 unspecified atom stereocenters. The highest BCUT2D eigenvalue weighted by Gasteiger charge is 2.11. The Morgan fingerprint density at radius 1 is 1.15 bits per heavy atom. The summed E-state index contributed by atoms with van der Waals surface area (Å²) in [6.45, 7) is 5.35. The van der Waals surface area contributed by atoms with Crippen LogP contribution in [0, 0.1) is 0 Å². The molecular formula is C17H20BrNS. The van der Waals surface area contributed by atoms with Gasteiger partial charge < -0.3 is 5.32 Å². The van der Waals surface area contributed by atoms with Crippen molar-refractivity contribution in [2.75, 3.05) is 6.54 Å². The Morgan fingerprint density at radius 3 is 2.60 bits per heavy atom. The molecule has 0 heterocycles. The fraction of sp³-hybridized carbons (Fsp3) is 0.294. The monoisotopic (exact) mass is 349 g/mol. The number of hydrogen-bond donors (Lipinski definition) is 1. The highest BCUT2D eigenvalue weighted by molar-refractivity contribution is 9.10. The molecule has 0 aromatic heterocycles. The number of benzene rings is 2. The molecule has 0 spiro atoms. The Hall–Kier alpha value is -0.770. The molecule has 0 aliphatic rings. The Bertz CT molecular complexity index is 542. The smallest absolute Gasteiger partial charge is 0.0303 e. The summed E-state index contributed by atoms with van der Waals surface area (Å²) < 4.78 is 1.14. The first-order valence-corrected chi connectivity index (χ1v) is 8.68. The van der Waals surface area contributed by atoms with Gasteiger partial charge >= 0.3 is 0 Å². The van der Waals surface area contributed by atoms with Crippen LogP contribution in [0.25, 0.3) is 0 Å². The van der Waals surface area contributed by atoms with Crippen LogP contribution in [0.4, 0.5) is 0 Å². The molecular weight excluding hydrogens is 330 g/mol. The number of rotatable bonds is 6. The van der Waals surface area contributed by atoms with Crippen LogP contribution >= 0.6 is 27.7 Å². The Labute approximate surface area is 134 Å². The van der Waals surface area contributed by atoms with Crippen LogP contribution < -0.4 is 5.32 Å². The van der Waals surface area contributed by atoms with Gasteiger partial charge in [0.05, 0.1) is 0 Å². The zero-order chi connectivity index (χ0) is 14.4. The molecule has 2 rings (SSSR count). The van der Waals surface area contributed by atoms with Crippen molar-refractivity contribution in [3.05, 3.63) is 64.1 Å². The third kappa shape index (κ3) is 4.37. The van der Waals surface area contributed by atoms with E-state index in [4.69, 9.17) is 0 Å². The van der Waals surface area contributed by atoms with Crippen molar-refractivity contribution in [3.8, 4) is 0 Å². The average molecular weight is 350 g/mol. The molecule has 3 heteroatoms. The molecule has 0 fully saturated rings. The molecule has 2 aromatic rings. The van der Waals surface area contributed by atoms with Crippen molar-refractivity contribution in [1.29, 1.82) is 0 Å². The zero-order valence-electron chi connectivity index (χ0n) is 11.9. The van der Waals surface area contributed by atoms with E-state index >= 15 is 0 Å². The summed E-state index contributed by atoms with van der Waals surface area (Å²) >= 11 is 5.48. The van der Waals surface area contributed by atoms with Gasteiger partial charge in [0.2, 0.25) is 0 Å². The van der Waals surface area contributed by atoms with E-state index in [1.807, 2.05) is 11.8 Å². The van der Waals surface area contributed by atoms with Gasteiger partial charge in [0.25, 0.3) is 0 Å². The van der Waals surface area contributed by atoms with Crippen molar-refractivity contribution < 1.29 is 0 Å². The van der Waals surface area contributed by atoms with E-state index in [9.17, 15) is 0 Å². The lowest BCUT2D eigenvalue weighted by Gasteiger charge is -2.17. The molecule has 1 N–H and O–H groups in total. The van der Waals surface area contributed by atoms with E-state index < -0.39 is 0 Å². The Morgan fingerprint density at radius 2 is 1.90 bits per heavy atom. The second kappa shape index (κ2) is 7.87. The molecule has 20 heavy (non-hydrogen) atoms. The molecule has 0 radical (unpaired) electrons. The molecule has 0 saturated heterocycles. The van der Waals surface area contributed by atoms with Crippen LogP contribution in [-0.2, 0) is 5.75 Å². The minimum absolute atomic E-state index is 0.371. The van der Waals surface area contributed by atoms with E-state index in [1.165, 1.54) is 16.0 Å². The molecule has 2 aromatic carbocycles. The molecule has 0 amide bonds. The molecule has 106 valence electrons. The van der Waals surface area contributed by atoms with Crippen molar-refractivity contribution >= 4 is 27.7 Å². The molecule has 1 nitrogen and oxygen atoms in total. The number of hydrogen-bond acceptors (Lipinski definition) is 2. The molecule has 0 bridgehead atoms. The normalized spacial score (nSPS) is 12.3. The number of nitrogens with one attached hydrogen (secondary N) is 1. The van der Waals surface area contributed by atoms with Gasteiger partial charge in [-0.3, -0.25) is 0 Å².